The highest BCUT2D eigenvalue weighted by Crippen LogP contribution is 2.39. The molecule has 2 amide bonds. The van der Waals surface area contributed by atoms with Gasteiger partial charge in [0.25, 0.3) is 0 Å². The summed E-state index contributed by atoms with van der Waals surface area (Å²) in [5.41, 5.74) is 13.3. The number of hydrogen-bond donors (Lipinski definition) is 4. The smallest absolute Gasteiger partial charge is 0.210 e. The first-order valence-electron chi connectivity index (χ1n) is 12.3. The SMILES string of the molecule is Cc1ncc(CN(C=O)C(C)C(CCO)SSC(CCO)C(C)N(C=O)Cc2cnc(C)nc2N)c(N)n1. The standard InChI is InChI=1S/C24H38N8O4S2/c1-15(31(13-35)11-19-9-27-17(3)29-23(19)25)21(5-7-33)37-38-22(6-8-34)16(2)32(14-36)12-20-10-28-18(4)30-24(20)26/h9-10,13-16,21-22,33-34H,5-8,11-12H2,1-4H3,(H2,25,27,29)(H2,26,28,30). The van der Waals surface area contributed by atoms with E-state index in [1.165, 1.54) is 21.6 Å². The molecule has 2 aromatic rings. The first kappa shape index (κ1) is 31.5. The van der Waals surface area contributed by atoms with Crippen molar-refractivity contribution in [1.29, 1.82) is 0 Å². The van der Waals surface area contributed by atoms with Crippen LogP contribution in [-0.2, 0) is 22.7 Å². The van der Waals surface area contributed by atoms with E-state index in [1.54, 1.807) is 36.0 Å². The van der Waals surface area contributed by atoms with Crippen molar-refractivity contribution in [2.24, 2.45) is 0 Å². The first-order chi connectivity index (χ1) is 18.1. The second-order valence-corrected chi connectivity index (χ2v) is 11.7. The van der Waals surface area contributed by atoms with Gasteiger partial charge in [-0.1, -0.05) is 21.6 Å². The van der Waals surface area contributed by atoms with Crippen LogP contribution in [0.25, 0.3) is 0 Å². The molecule has 0 bridgehead atoms. The highest BCUT2D eigenvalue weighted by atomic mass is 33.1. The average Bonchev–Trinajstić information content (AvgIpc) is 2.88. The fourth-order valence-corrected chi connectivity index (χ4v) is 7.50. The first-order valence-corrected chi connectivity index (χ1v) is 14.5. The van der Waals surface area contributed by atoms with Crippen LogP contribution in [0.4, 0.5) is 11.6 Å². The monoisotopic (exact) mass is 566 g/mol. The normalized spacial score (nSPS) is 14.4. The van der Waals surface area contributed by atoms with Gasteiger partial charge >= 0.3 is 0 Å². The van der Waals surface area contributed by atoms with E-state index in [-0.39, 0.29) is 48.9 Å². The van der Waals surface area contributed by atoms with Gasteiger partial charge in [0.05, 0.1) is 13.1 Å². The maximum atomic E-state index is 12.0. The van der Waals surface area contributed by atoms with Gasteiger partial charge in [-0.2, -0.15) is 0 Å². The van der Waals surface area contributed by atoms with E-state index in [2.05, 4.69) is 19.9 Å². The molecule has 4 unspecified atom stereocenters. The van der Waals surface area contributed by atoms with Crippen molar-refractivity contribution in [3.05, 3.63) is 35.2 Å². The number of nitrogen functional groups attached to an aromatic ring is 2. The molecule has 4 atom stereocenters. The van der Waals surface area contributed by atoms with Crippen LogP contribution in [0.15, 0.2) is 12.4 Å². The molecule has 0 spiro atoms. The Morgan fingerprint density at radius 1 is 0.816 bits per heavy atom. The van der Waals surface area contributed by atoms with Gasteiger partial charge in [-0.3, -0.25) is 9.59 Å². The summed E-state index contributed by atoms with van der Waals surface area (Å²) in [7, 11) is 3.04. The molecule has 0 saturated carbocycles. The van der Waals surface area contributed by atoms with Crippen LogP contribution in [-0.4, -0.2) is 88.6 Å². The number of aryl methyl sites for hydroxylation is 2. The topological polar surface area (TPSA) is 185 Å². The molecule has 12 nitrogen and oxygen atoms in total. The van der Waals surface area contributed by atoms with Crippen LogP contribution in [0, 0.1) is 13.8 Å². The number of hydrogen-bond acceptors (Lipinski definition) is 12. The zero-order valence-electron chi connectivity index (χ0n) is 22.2. The van der Waals surface area contributed by atoms with Gasteiger partial charge in [-0.15, -0.1) is 0 Å². The van der Waals surface area contributed by atoms with Crippen molar-refractivity contribution in [2.45, 2.75) is 76.2 Å². The van der Waals surface area contributed by atoms with Crippen molar-refractivity contribution >= 4 is 46.0 Å². The van der Waals surface area contributed by atoms with Crippen LogP contribution in [0.5, 0.6) is 0 Å². The Kier molecular flexibility index (Phi) is 13.0. The molecule has 0 aliphatic heterocycles. The maximum absolute atomic E-state index is 12.0. The molecule has 0 aromatic carbocycles. The highest BCUT2D eigenvalue weighted by Gasteiger charge is 2.29. The van der Waals surface area contributed by atoms with Crippen LogP contribution in [0.2, 0.25) is 0 Å². The molecule has 0 aliphatic carbocycles. The number of nitrogens with two attached hydrogens (primary N) is 2. The molecule has 2 rings (SSSR count). The van der Waals surface area contributed by atoms with Crippen LogP contribution >= 0.6 is 21.6 Å². The van der Waals surface area contributed by atoms with E-state index in [4.69, 9.17) is 11.5 Å². The van der Waals surface area contributed by atoms with Crippen molar-refractivity contribution < 1.29 is 19.8 Å². The van der Waals surface area contributed by atoms with Gasteiger partial charge < -0.3 is 31.5 Å². The van der Waals surface area contributed by atoms with Crippen LogP contribution in [0.1, 0.15) is 49.5 Å². The summed E-state index contributed by atoms with van der Waals surface area (Å²) in [6.07, 6.45) is 5.63. The molecule has 0 radical (unpaired) electrons. The van der Waals surface area contributed by atoms with E-state index >= 15 is 0 Å². The molecule has 6 N–H and O–H groups in total. The molecular weight excluding hydrogens is 528 g/mol. The minimum Gasteiger partial charge on any atom is -0.396 e. The molecule has 210 valence electrons. The quantitative estimate of drug-likeness (QED) is 0.159. The third-order valence-corrected chi connectivity index (χ3v) is 9.95. The summed E-state index contributed by atoms with van der Waals surface area (Å²) in [4.78, 5) is 43.9. The van der Waals surface area contributed by atoms with Crippen molar-refractivity contribution in [1.82, 2.24) is 29.7 Å². The lowest BCUT2D eigenvalue weighted by Gasteiger charge is -2.35. The molecule has 0 saturated heterocycles. The lowest BCUT2D eigenvalue weighted by Crippen LogP contribution is -2.41. The number of rotatable bonds is 17. The summed E-state index contributed by atoms with van der Waals surface area (Å²) in [5.74, 6) is 1.74. The van der Waals surface area contributed by atoms with E-state index in [0.717, 1.165) is 12.8 Å². The zero-order valence-corrected chi connectivity index (χ0v) is 23.9. The fourth-order valence-electron chi connectivity index (χ4n) is 3.78. The summed E-state index contributed by atoms with van der Waals surface area (Å²) < 4.78 is 0. The minimum atomic E-state index is -0.255. The number of aliphatic hydroxyl groups excluding tert-OH is 2. The van der Waals surface area contributed by atoms with E-state index in [0.29, 0.717) is 47.3 Å². The lowest BCUT2D eigenvalue weighted by atomic mass is 10.1. The van der Waals surface area contributed by atoms with Gasteiger partial charge in [0, 0.05) is 59.3 Å². The number of nitrogens with zero attached hydrogens (tertiary/aromatic N) is 6. The van der Waals surface area contributed by atoms with Gasteiger partial charge in [0.1, 0.15) is 23.3 Å². The highest BCUT2D eigenvalue weighted by molar-refractivity contribution is 8.77. The molecule has 0 aliphatic rings. The third kappa shape index (κ3) is 8.96. The van der Waals surface area contributed by atoms with Crippen LogP contribution < -0.4 is 11.5 Å². The summed E-state index contributed by atoms with van der Waals surface area (Å²) >= 11 is 0. The second-order valence-electron chi connectivity index (χ2n) is 8.99. The minimum absolute atomic E-state index is 0.0571. The van der Waals surface area contributed by atoms with E-state index in [9.17, 15) is 19.8 Å². The van der Waals surface area contributed by atoms with E-state index in [1.807, 2.05) is 13.8 Å². The van der Waals surface area contributed by atoms with Crippen molar-refractivity contribution in [2.75, 3.05) is 24.7 Å². The Bertz CT molecular complexity index is 969. The van der Waals surface area contributed by atoms with Gasteiger partial charge in [-0.25, -0.2) is 19.9 Å². The number of aliphatic hydroxyl groups is 2. The Hall–Kier alpha value is -2.68. The predicted octanol–water partition coefficient (Wildman–Crippen LogP) is 1.33. The summed E-state index contributed by atoms with van der Waals surface area (Å²) in [5, 5.41) is 19.2. The molecule has 2 heterocycles. The molecular formula is C24H38N8O4S2. The Labute approximate surface area is 231 Å². The predicted molar refractivity (Wildman–Crippen MR) is 151 cm³/mol. The number of carbonyl (C=O) groups is 2. The number of amides is 2. The largest absolute Gasteiger partial charge is 0.396 e. The Balaban J connectivity index is 2.13. The third-order valence-electron chi connectivity index (χ3n) is 6.27. The number of anilines is 2. The van der Waals surface area contributed by atoms with E-state index < -0.39 is 0 Å². The van der Waals surface area contributed by atoms with Crippen LogP contribution in [0.3, 0.4) is 0 Å². The Morgan fingerprint density at radius 3 is 1.47 bits per heavy atom. The van der Waals surface area contributed by atoms with Gasteiger partial charge in [-0.05, 0) is 40.5 Å². The maximum Gasteiger partial charge on any atom is 0.210 e. The van der Waals surface area contributed by atoms with Gasteiger partial charge in [0.2, 0.25) is 12.8 Å². The summed E-state index contributed by atoms with van der Waals surface area (Å²) in [6.45, 7) is 7.66. The average molecular weight is 567 g/mol. The summed E-state index contributed by atoms with van der Waals surface area (Å²) in [6, 6.07) is -0.510. The number of carbonyl (C=O) groups excluding carboxylic acids is 2. The zero-order chi connectivity index (χ0) is 28.2. The molecule has 14 heteroatoms. The van der Waals surface area contributed by atoms with Crippen molar-refractivity contribution in [3.8, 4) is 0 Å². The van der Waals surface area contributed by atoms with Crippen molar-refractivity contribution in [3.63, 3.8) is 0 Å². The molecule has 38 heavy (non-hydrogen) atoms. The fraction of sp³-hybridized carbons (Fsp3) is 0.583. The Morgan fingerprint density at radius 2 is 1.18 bits per heavy atom. The number of aromatic nitrogens is 4. The second kappa shape index (κ2) is 15.7. The molecule has 0 fully saturated rings. The lowest BCUT2D eigenvalue weighted by molar-refractivity contribution is -0.121. The van der Waals surface area contributed by atoms with Gasteiger partial charge in [0.15, 0.2) is 0 Å². The molecule has 2 aromatic heterocycles.